The molecule has 3 atom stereocenters. The molecule has 0 saturated heterocycles. The predicted octanol–water partition coefficient (Wildman–Crippen LogP) is 2.35. The van der Waals surface area contributed by atoms with E-state index in [1.54, 1.807) is 6.92 Å². The molecule has 2 N–H and O–H groups in total. The van der Waals surface area contributed by atoms with Gasteiger partial charge in [0.2, 0.25) is 5.91 Å². The fourth-order valence-electron chi connectivity index (χ4n) is 2.65. The summed E-state index contributed by atoms with van der Waals surface area (Å²) in [6.45, 7) is 1.73. The third-order valence-electron chi connectivity index (χ3n) is 3.92. The molecule has 5 nitrogen and oxygen atoms in total. The first kappa shape index (κ1) is 17.2. The van der Waals surface area contributed by atoms with Crippen molar-refractivity contribution >= 4 is 11.9 Å². The Morgan fingerprint density at radius 1 is 1.35 bits per heavy atom. The number of aliphatic carboxylic acids is 1. The van der Waals surface area contributed by atoms with Crippen molar-refractivity contribution in [1.29, 1.82) is 0 Å². The van der Waals surface area contributed by atoms with E-state index in [0.29, 0.717) is 19.3 Å². The van der Waals surface area contributed by atoms with Gasteiger partial charge in [0.25, 0.3) is 0 Å². The van der Waals surface area contributed by atoms with Crippen molar-refractivity contribution in [2.45, 2.75) is 32.2 Å². The Balaban J connectivity index is 1.79. The topological polar surface area (TPSA) is 75.6 Å². The maximum Gasteiger partial charge on any atom is 0.306 e. The van der Waals surface area contributed by atoms with Crippen molar-refractivity contribution in [1.82, 2.24) is 5.32 Å². The molecule has 1 aliphatic carbocycles. The summed E-state index contributed by atoms with van der Waals surface area (Å²) < 4.78 is 31.4. The van der Waals surface area contributed by atoms with E-state index in [1.807, 2.05) is 0 Å². The van der Waals surface area contributed by atoms with E-state index < -0.39 is 23.5 Å². The number of benzene rings is 1. The molecule has 0 aliphatic heterocycles. The largest absolute Gasteiger partial charge is 0.488 e. The molecule has 2 rings (SSSR count). The van der Waals surface area contributed by atoms with E-state index in [0.717, 1.165) is 12.1 Å². The lowest BCUT2D eigenvalue weighted by Gasteiger charge is -2.18. The second-order valence-corrected chi connectivity index (χ2v) is 5.84. The number of amides is 1. The SMILES string of the molecule is CC(COc1ccc(F)cc1F)NC(=O)[C@@H]1CC[C@H](C(=O)O)C1. The minimum atomic E-state index is -0.872. The van der Waals surface area contributed by atoms with Gasteiger partial charge in [0, 0.05) is 12.0 Å². The summed E-state index contributed by atoms with van der Waals surface area (Å²) in [6, 6.07) is 2.62. The summed E-state index contributed by atoms with van der Waals surface area (Å²) in [5.41, 5.74) is 0. The number of rotatable bonds is 6. The molecule has 1 aromatic carbocycles. The van der Waals surface area contributed by atoms with Crippen LogP contribution in [0, 0.1) is 23.5 Å². The second kappa shape index (κ2) is 7.39. The molecule has 23 heavy (non-hydrogen) atoms. The van der Waals surface area contributed by atoms with E-state index in [1.165, 1.54) is 6.07 Å². The molecular weight excluding hydrogens is 308 g/mol. The molecule has 0 heterocycles. The minimum absolute atomic E-state index is 0.0311. The third kappa shape index (κ3) is 4.64. The van der Waals surface area contributed by atoms with Crippen molar-refractivity contribution < 1.29 is 28.2 Å². The van der Waals surface area contributed by atoms with Crippen molar-refractivity contribution in [3.63, 3.8) is 0 Å². The molecule has 1 aromatic rings. The van der Waals surface area contributed by atoms with Gasteiger partial charge in [-0.3, -0.25) is 9.59 Å². The quantitative estimate of drug-likeness (QED) is 0.841. The smallest absolute Gasteiger partial charge is 0.306 e. The Labute approximate surface area is 132 Å². The number of halogens is 2. The first-order chi connectivity index (χ1) is 10.9. The third-order valence-corrected chi connectivity index (χ3v) is 3.92. The van der Waals surface area contributed by atoms with Gasteiger partial charge < -0.3 is 15.2 Å². The van der Waals surface area contributed by atoms with E-state index in [2.05, 4.69) is 5.32 Å². The molecule has 1 amide bonds. The van der Waals surface area contributed by atoms with Crippen LogP contribution in [0.1, 0.15) is 26.2 Å². The van der Waals surface area contributed by atoms with Crippen LogP contribution in [0.3, 0.4) is 0 Å². The van der Waals surface area contributed by atoms with Crippen LogP contribution < -0.4 is 10.1 Å². The minimum Gasteiger partial charge on any atom is -0.488 e. The number of ether oxygens (including phenoxy) is 1. The molecule has 7 heteroatoms. The van der Waals surface area contributed by atoms with Gasteiger partial charge in [-0.05, 0) is 38.3 Å². The van der Waals surface area contributed by atoms with Gasteiger partial charge in [0.1, 0.15) is 12.4 Å². The number of carbonyl (C=O) groups excluding carboxylic acids is 1. The normalized spacial score (nSPS) is 21.7. The average molecular weight is 327 g/mol. The van der Waals surface area contributed by atoms with Gasteiger partial charge in [-0.1, -0.05) is 0 Å². The highest BCUT2D eigenvalue weighted by Gasteiger charge is 2.34. The lowest BCUT2D eigenvalue weighted by atomic mass is 10.0. The molecule has 0 spiro atoms. The Morgan fingerprint density at radius 3 is 2.65 bits per heavy atom. The molecule has 0 radical (unpaired) electrons. The first-order valence-electron chi connectivity index (χ1n) is 7.48. The standard InChI is InChI=1S/C16H19F2NO4/c1-9(8-23-14-5-4-12(17)7-13(14)18)19-15(20)10-2-3-11(6-10)16(21)22/h4-5,7,9-11H,2-3,6,8H2,1H3,(H,19,20)(H,21,22)/t9?,10-,11+/m1/s1. The van der Waals surface area contributed by atoms with E-state index in [9.17, 15) is 18.4 Å². The van der Waals surface area contributed by atoms with Gasteiger partial charge >= 0.3 is 5.97 Å². The Morgan fingerprint density at radius 2 is 2.04 bits per heavy atom. The zero-order chi connectivity index (χ0) is 17.0. The fraction of sp³-hybridized carbons (Fsp3) is 0.500. The van der Waals surface area contributed by atoms with Crippen molar-refractivity contribution in [3.05, 3.63) is 29.8 Å². The molecule has 1 aliphatic rings. The highest BCUT2D eigenvalue weighted by molar-refractivity contribution is 5.81. The average Bonchev–Trinajstić information content (AvgIpc) is 2.96. The van der Waals surface area contributed by atoms with Gasteiger partial charge in [-0.2, -0.15) is 0 Å². The zero-order valence-electron chi connectivity index (χ0n) is 12.7. The Bertz CT molecular complexity index is 593. The van der Waals surface area contributed by atoms with E-state index >= 15 is 0 Å². The number of hydrogen-bond donors (Lipinski definition) is 2. The number of hydrogen-bond acceptors (Lipinski definition) is 3. The van der Waals surface area contributed by atoms with Crippen LogP contribution in [-0.2, 0) is 9.59 Å². The summed E-state index contributed by atoms with van der Waals surface area (Å²) >= 11 is 0. The molecule has 1 saturated carbocycles. The van der Waals surface area contributed by atoms with Crippen molar-refractivity contribution in [3.8, 4) is 5.75 Å². The maximum atomic E-state index is 13.4. The van der Waals surface area contributed by atoms with Crippen molar-refractivity contribution in [2.75, 3.05) is 6.61 Å². The lowest BCUT2D eigenvalue weighted by Crippen LogP contribution is -2.40. The molecule has 0 bridgehead atoms. The van der Waals surface area contributed by atoms with Crippen LogP contribution in [0.15, 0.2) is 18.2 Å². The second-order valence-electron chi connectivity index (χ2n) is 5.84. The number of carboxylic acid groups (broad SMARTS) is 1. The molecule has 1 unspecified atom stereocenters. The highest BCUT2D eigenvalue weighted by atomic mass is 19.1. The highest BCUT2D eigenvalue weighted by Crippen LogP contribution is 2.31. The molecule has 1 fully saturated rings. The van der Waals surface area contributed by atoms with Crippen LogP contribution in [0.4, 0.5) is 8.78 Å². The van der Waals surface area contributed by atoms with E-state index in [-0.39, 0.29) is 30.2 Å². The van der Waals surface area contributed by atoms with E-state index in [4.69, 9.17) is 9.84 Å². The maximum absolute atomic E-state index is 13.4. The monoisotopic (exact) mass is 327 g/mol. The predicted molar refractivity (Wildman–Crippen MR) is 77.9 cm³/mol. The summed E-state index contributed by atoms with van der Waals surface area (Å²) in [7, 11) is 0. The molecular formula is C16H19F2NO4. The number of nitrogens with one attached hydrogen (secondary N) is 1. The molecule has 126 valence electrons. The van der Waals surface area contributed by atoms with Crippen molar-refractivity contribution in [2.24, 2.45) is 11.8 Å². The summed E-state index contributed by atoms with van der Waals surface area (Å²) in [4.78, 5) is 23.0. The summed E-state index contributed by atoms with van der Waals surface area (Å²) in [5.74, 6) is -3.45. The van der Waals surface area contributed by atoms with Crippen LogP contribution >= 0.6 is 0 Å². The summed E-state index contributed by atoms with van der Waals surface area (Å²) in [5, 5.41) is 11.7. The first-order valence-corrected chi connectivity index (χ1v) is 7.48. The van der Waals surface area contributed by atoms with Crippen LogP contribution in [0.5, 0.6) is 5.75 Å². The lowest BCUT2D eigenvalue weighted by molar-refractivity contribution is -0.141. The number of carbonyl (C=O) groups is 2. The number of carboxylic acids is 1. The Hall–Kier alpha value is -2.18. The van der Waals surface area contributed by atoms with Crippen LogP contribution in [0.2, 0.25) is 0 Å². The zero-order valence-corrected chi connectivity index (χ0v) is 12.7. The van der Waals surface area contributed by atoms with Gasteiger partial charge in [0.15, 0.2) is 11.6 Å². The van der Waals surface area contributed by atoms with Crippen LogP contribution in [0.25, 0.3) is 0 Å². The van der Waals surface area contributed by atoms with Crippen LogP contribution in [-0.4, -0.2) is 29.6 Å². The molecule has 0 aromatic heterocycles. The summed E-state index contributed by atoms with van der Waals surface area (Å²) in [6.07, 6.45) is 1.38. The van der Waals surface area contributed by atoms with Gasteiger partial charge in [-0.25, -0.2) is 8.78 Å². The fourth-order valence-corrected chi connectivity index (χ4v) is 2.65. The van der Waals surface area contributed by atoms with Gasteiger partial charge in [-0.15, -0.1) is 0 Å². The van der Waals surface area contributed by atoms with Gasteiger partial charge in [0.05, 0.1) is 12.0 Å². The Kier molecular flexibility index (Phi) is 5.52.